The lowest BCUT2D eigenvalue weighted by Gasteiger charge is -2.07. The molecule has 1 rings (SSSR count). The van der Waals surface area contributed by atoms with Crippen molar-refractivity contribution in [1.29, 1.82) is 0 Å². The minimum absolute atomic E-state index is 0.200. The van der Waals surface area contributed by atoms with E-state index in [-0.39, 0.29) is 19.1 Å². The molecule has 0 radical (unpaired) electrons. The van der Waals surface area contributed by atoms with Gasteiger partial charge in [-0.05, 0) is 25.8 Å². The van der Waals surface area contributed by atoms with E-state index < -0.39 is 24.5 Å². The van der Waals surface area contributed by atoms with Crippen molar-refractivity contribution in [2.75, 3.05) is 31.7 Å². The van der Waals surface area contributed by atoms with Crippen LogP contribution in [0.3, 0.4) is 0 Å². The molecule has 0 unspecified atom stereocenters. The van der Waals surface area contributed by atoms with E-state index >= 15 is 0 Å². The molecule has 0 aliphatic rings. The van der Waals surface area contributed by atoms with Gasteiger partial charge in [-0.15, -0.1) is 11.3 Å². The van der Waals surface area contributed by atoms with Crippen LogP contribution >= 0.6 is 11.3 Å². The van der Waals surface area contributed by atoms with Crippen LogP contribution in [0.1, 0.15) is 48.8 Å². The SMILES string of the molecule is CCOCC(=O)OCC(=O)Nc1sc(C(C)C)cc1C(=O)OCC. The van der Waals surface area contributed by atoms with Crippen LogP contribution in [0.2, 0.25) is 0 Å². The Kier molecular flexibility index (Phi) is 8.42. The maximum Gasteiger partial charge on any atom is 0.341 e. The Bertz CT molecular complexity index is 581. The molecule has 24 heavy (non-hydrogen) atoms. The lowest BCUT2D eigenvalue weighted by molar-refractivity contribution is -0.151. The second kappa shape index (κ2) is 10.0. The van der Waals surface area contributed by atoms with E-state index in [1.54, 1.807) is 19.9 Å². The molecular formula is C16H23NO6S. The molecule has 1 aromatic rings. The van der Waals surface area contributed by atoms with E-state index in [1.165, 1.54) is 11.3 Å². The zero-order chi connectivity index (χ0) is 18.1. The first-order valence-electron chi connectivity index (χ1n) is 7.73. The van der Waals surface area contributed by atoms with Gasteiger partial charge < -0.3 is 19.5 Å². The van der Waals surface area contributed by atoms with Gasteiger partial charge in [0.1, 0.15) is 11.6 Å². The van der Waals surface area contributed by atoms with Gasteiger partial charge in [-0.1, -0.05) is 13.8 Å². The molecule has 1 N–H and O–H groups in total. The molecule has 0 aliphatic carbocycles. The highest BCUT2D eigenvalue weighted by atomic mass is 32.1. The van der Waals surface area contributed by atoms with Crippen molar-refractivity contribution < 1.29 is 28.6 Å². The largest absolute Gasteiger partial charge is 0.462 e. The van der Waals surface area contributed by atoms with E-state index in [1.807, 2.05) is 13.8 Å². The quantitative estimate of drug-likeness (QED) is 0.683. The number of ether oxygens (including phenoxy) is 3. The molecule has 0 aromatic carbocycles. The molecule has 1 heterocycles. The molecule has 1 amide bonds. The molecule has 0 saturated heterocycles. The molecule has 1 aromatic heterocycles. The maximum absolute atomic E-state index is 12.0. The number of carbonyl (C=O) groups excluding carboxylic acids is 3. The van der Waals surface area contributed by atoms with Crippen molar-refractivity contribution >= 4 is 34.2 Å². The normalized spacial score (nSPS) is 10.5. The van der Waals surface area contributed by atoms with Gasteiger partial charge in [-0.2, -0.15) is 0 Å². The number of anilines is 1. The zero-order valence-electron chi connectivity index (χ0n) is 14.3. The zero-order valence-corrected chi connectivity index (χ0v) is 15.2. The second-order valence-corrected chi connectivity index (χ2v) is 6.20. The highest BCUT2D eigenvalue weighted by Crippen LogP contribution is 2.33. The van der Waals surface area contributed by atoms with Crippen molar-refractivity contribution in [3.05, 3.63) is 16.5 Å². The fourth-order valence-corrected chi connectivity index (χ4v) is 2.75. The summed E-state index contributed by atoms with van der Waals surface area (Å²) in [4.78, 5) is 36.2. The maximum atomic E-state index is 12.0. The Morgan fingerprint density at radius 1 is 1.12 bits per heavy atom. The molecule has 0 bridgehead atoms. The number of hydrogen-bond donors (Lipinski definition) is 1. The van der Waals surface area contributed by atoms with E-state index in [4.69, 9.17) is 14.2 Å². The van der Waals surface area contributed by atoms with Gasteiger partial charge in [0.15, 0.2) is 6.61 Å². The van der Waals surface area contributed by atoms with Crippen molar-refractivity contribution in [2.45, 2.75) is 33.6 Å². The number of amides is 1. The van der Waals surface area contributed by atoms with Gasteiger partial charge in [-0.25, -0.2) is 9.59 Å². The standard InChI is InChI=1S/C16H23NO6S/c1-5-21-9-14(19)23-8-13(18)17-15-11(16(20)22-6-2)7-12(24-15)10(3)4/h7,10H,5-6,8-9H2,1-4H3,(H,17,18). The summed E-state index contributed by atoms with van der Waals surface area (Å²) in [6.07, 6.45) is 0. The van der Waals surface area contributed by atoms with Crippen molar-refractivity contribution in [1.82, 2.24) is 0 Å². The molecule has 7 nitrogen and oxygen atoms in total. The smallest absolute Gasteiger partial charge is 0.341 e. The van der Waals surface area contributed by atoms with Gasteiger partial charge in [0.05, 0.1) is 12.2 Å². The fourth-order valence-electron chi connectivity index (χ4n) is 1.68. The van der Waals surface area contributed by atoms with Crippen molar-refractivity contribution in [3.8, 4) is 0 Å². The van der Waals surface area contributed by atoms with Crippen LogP contribution in [0.4, 0.5) is 5.00 Å². The summed E-state index contributed by atoms with van der Waals surface area (Å²) in [5.74, 6) is -1.43. The van der Waals surface area contributed by atoms with E-state index in [9.17, 15) is 14.4 Å². The lowest BCUT2D eigenvalue weighted by atomic mass is 10.1. The third kappa shape index (κ3) is 6.29. The van der Waals surface area contributed by atoms with Crippen LogP contribution in [0.25, 0.3) is 0 Å². The molecular weight excluding hydrogens is 334 g/mol. The highest BCUT2D eigenvalue weighted by molar-refractivity contribution is 7.16. The monoisotopic (exact) mass is 357 g/mol. The average molecular weight is 357 g/mol. The van der Waals surface area contributed by atoms with Crippen LogP contribution in [0, 0.1) is 0 Å². The Morgan fingerprint density at radius 3 is 2.42 bits per heavy atom. The van der Waals surface area contributed by atoms with Crippen LogP contribution in [0.15, 0.2) is 6.07 Å². The number of carbonyl (C=O) groups is 3. The first-order valence-corrected chi connectivity index (χ1v) is 8.54. The summed E-state index contributed by atoms with van der Waals surface area (Å²) < 4.78 is 14.7. The molecule has 8 heteroatoms. The summed E-state index contributed by atoms with van der Waals surface area (Å²) in [7, 11) is 0. The first-order chi connectivity index (χ1) is 11.4. The third-order valence-electron chi connectivity index (χ3n) is 2.86. The Balaban J connectivity index is 2.72. The highest BCUT2D eigenvalue weighted by Gasteiger charge is 2.20. The van der Waals surface area contributed by atoms with Crippen LogP contribution < -0.4 is 5.32 Å². The Hall–Kier alpha value is -1.93. The van der Waals surface area contributed by atoms with E-state index in [2.05, 4.69) is 5.32 Å². The number of thiophene rings is 1. The number of nitrogens with one attached hydrogen (secondary N) is 1. The molecule has 0 atom stereocenters. The number of esters is 2. The van der Waals surface area contributed by atoms with Gasteiger partial charge in [0.2, 0.25) is 0 Å². The molecule has 0 aliphatic heterocycles. The number of hydrogen-bond acceptors (Lipinski definition) is 7. The molecule has 0 spiro atoms. The Labute approximate surface area is 145 Å². The second-order valence-electron chi connectivity index (χ2n) is 5.11. The van der Waals surface area contributed by atoms with Gasteiger partial charge in [0, 0.05) is 11.5 Å². The average Bonchev–Trinajstić information content (AvgIpc) is 2.95. The third-order valence-corrected chi connectivity index (χ3v) is 4.21. The van der Waals surface area contributed by atoms with E-state index in [0.29, 0.717) is 17.2 Å². The van der Waals surface area contributed by atoms with E-state index in [0.717, 1.165) is 4.88 Å². The summed E-state index contributed by atoms with van der Waals surface area (Å²) in [6, 6.07) is 1.71. The predicted molar refractivity (Wildman–Crippen MR) is 90.4 cm³/mol. The first kappa shape index (κ1) is 20.1. The van der Waals surface area contributed by atoms with Crippen LogP contribution in [0.5, 0.6) is 0 Å². The topological polar surface area (TPSA) is 90.9 Å². The summed E-state index contributed by atoms with van der Waals surface area (Å²) in [5, 5.41) is 2.99. The minimum atomic E-state index is -0.619. The van der Waals surface area contributed by atoms with Crippen LogP contribution in [-0.4, -0.2) is 44.3 Å². The van der Waals surface area contributed by atoms with Gasteiger partial charge >= 0.3 is 11.9 Å². The summed E-state index contributed by atoms with van der Waals surface area (Å²) >= 11 is 1.30. The van der Waals surface area contributed by atoms with Crippen molar-refractivity contribution in [3.63, 3.8) is 0 Å². The summed E-state index contributed by atoms with van der Waals surface area (Å²) in [6.45, 7) is 7.43. The molecule has 0 saturated carbocycles. The Morgan fingerprint density at radius 2 is 1.83 bits per heavy atom. The fraction of sp³-hybridized carbons (Fsp3) is 0.562. The van der Waals surface area contributed by atoms with Crippen LogP contribution in [-0.2, 0) is 23.8 Å². The molecule has 134 valence electrons. The molecule has 0 fully saturated rings. The number of rotatable bonds is 9. The van der Waals surface area contributed by atoms with Crippen molar-refractivity contribution in [2.24, 2.45) is 0 Å². The lowest BCUT2D eigenvalue weighted by Crippen LogP contribution is -2.23. The van der Waals surface area contributed by atoms with Gasteiger partial charge in [0.25, 0.3) is 5.91 Å². The summed E-state index contributed by atoms with van der Waals surface area (Å²) in [5.41, 5.74) is 0.305. The minimum Gasteiger partial charge on any atom is -0.462 e. The van der Waals surface area contributed by atoms with Gasteiger partial charge in [-0.3, -0.25) is 4.79 Å². The predicted octanol–water partition coefficient (Wildman–Crippen LogP) is 2.57.